The van der Waals surface area contributed by atoms with Crippen LogP contribution in [0, 0.1) is 0 Å². The molecule has 0 atom stereocenters. The summed E-state index contributed by atoms with van der Waals surface area (Å²) in [5.41, 5.74) is 0. The van der Waals surface area contributed by atoms with Crippen molar-refractivity contribution in [2.24, 2.45) is 0 Å². The molecule has 0 nitrogen and oxygen atoms in total. The fraction of sp³-hybridized carbons (Fsp3) is 1.00. The first-order chi connectivity index (χ1) is 3.41. The monoisotopic (exact) mass is 118 g/mol. The van der Waals surface area contributed by atoms with Crippen molar-refractivity contribution in [2.75, 3.05) is 0 Å². The van der Waals surface area contributed by atoms with Gasteiger partial charge in [0.2, 0.25) is 0 Å². The van der Waals surface area contributed by atoms with Crippen molar-refractivity contribution in [1.29, 1.82) is 0 Å². The third kappa shape index (κ3) is 22.5. The molecule has 0 amide bonds. The van der Waals surface area contributed by atoms with Gasteiger partial charge >= 0.3 is 0 Å². The first-order valence-corrected chi connectivity index (χ1v) is 5.41. The molecule has 0 fully saturated rings. The minimum atomic E-state index is 0.432. The van der Waals surface area contributed by atoms with E-state index >= 15 is 0 Å². The summed E-state index contributed by atoms with van der Waals surface area (Å²) in [5.74, 6) is 0. The molecule has 0 bridgehead atoms. The van der Waals surface area contributed by atoms with Crippen molar-refractivity contribution in [3.63, 3.8) is 0 Å². The van der Waals surface area contributed by atoms with Gasteiger partial charge in [-0.3, -0.25) is 0 Å². The molecule has 0 radical (unpaired) electrons. The van der Waals surface area contributed by atoms with Crippen LogP contribution in [0.25, 0.3) is 0 Å². The highest BCUT2D eigenvalue weighted by Gasteiger charge is 1.70. The Morgan fingerprint density at radius 3 is 1.29 bits per heavy atom. The Bertz CT molecular complexity index is 11.7. The fourth-order valence-electron chi connectivity index (χ4n) is 0.354. The third-order valence-corrected chi connectivity index (χ3v) is 2.12. The number of rotatable bonds is 2. The second-order valence-corrected chi connectivity index (χ2v) is 4.06. The lowest BCUT2D eigenvalue weighted by molar-refractivity contribution is 1.36. The Hall–Kier alpha value is 0.217. The van der Waals surface area contributed by atoms with Crippen molar-refractivity contribution in [2.45, 2.75) is 39.8 Å². The Balaban J connectivity index is 0. The lowest BCUT2D eigenvalue weighted by Gasteiger charge is -1.77. The SMILES string of the molecule is CC.CC[SiH2]CC. The van der Waals surface area contributed by atoms with Crippen LogP contribution in [0.5, 0.6) is 0 Å². The third-order valence-electron chi connectivity index (χ3n) is 0.707. The molecule has 7 heavy (non-hydrogen) atoms. The van der Waals surface area contributed by atoms with Crippen molar-refractivity contribution < 1.29 is 0 Å². The van der Waals surface area contributed by atoms with Crippen LogP contribution >= 0.6 is 0 Å². The zero-order valence-corrected chi connectivity index (χ0v) is 7.54. The molecule has 0 aliphatic carbocycles. The smallest absolute Gasteiger partial charge is 0.0192 e. The molecule has 0 rings (SSSR count). The van der Waals surface area contributed by atoms with E-state index in [0.29, 0.717) is 9.52 Å². The fourth-order valence-corrected chi connectivity index (χ4v) is 1.06. The minimum Gasteiger partial charge on any atom is -0.0683 e. The number of hydrogen-bond donors (Lipinski definition) is 0. The van der Waals surface area contributed by atoms with E-state index < -0.39 is 0 Å². The van der Waals surface area contributed by atoms with Crippen molar-refractivity contribution in [1.82, 2.24) is 0 Å². The van der Waals surface area contributed by atoms with Crippen molar-refractivity contribution in [3.8, 4) is 0 Å². The summed E-state index contributed by atoms with van der Waals surface area (Å²) in [6, 6.07) is 2.97. The largest absolute Gasteiger partial charge is 0.0683 e. The topological polar surface area (TPSA) is 0 Å². The molecule has 0 aliphatic heterocycles. The van der Waals surface area contributed by atoms with E-state index in [0.717, 1.165) is 0 Å². The predicted molar refractivity (Wildman–Crippen MR) is 40.9 cm³/mol. The molecule has 46 valence electrons. The molecule has 1 heteroatoms. The van der Waals surface area contributed by atoms with Gasteiger partial charge in [-0.05, 0) is 0 Å². The van der Waals surface area contributed by atoms with Gasteiger partial charge in [0, 0.05) is 9.52 Å². The van der Waals surface area contributed by atoms with Crippen LogP contribution in [0.4, 0.5) is 0 Å². The summed E-state index contributed by atoms with van der Waals surface area (Å²) >= 11 is 0. The summed E-state index contributed by atoms with van der Waals surface area (Å²) in [6.07, 6.45) is 0. The lowest BCUT2D eigenvalue weighted by atomic mass is 11.0. The second-order valence-electron chi connectivity index (χ2n) is 1.35. The maximum absolute atomic E-state index is 2.27. The Morgan fingerprint density at radius 1 is 1.00 bits per heavy atom. The Labute approximate surface area is 50.1 Å². The van der Waals surface area contributed by atoms with Crippen LogP contribution in [0.1, 0.15) is 27.7 Å². The van der Waals surface area contributed by atoms with E-state index in [1.54, 1.807) is 0 Å². The first-order valence-electron chi connectivity index (χ1n) is 3.41. The van der Waals surface area contributed by atoms with Crippen LogP contribution < -0.4 is 0 Å². The predicted octanol–water partition coefficient (Wildman–Crippen LogP) is 2.06. The molecule has 0 aliphatic rings. The molecule has 0 unspecified atom stereocenters. The molecular formula is C6H18Si. The van der Waals surface area contributed by atoms with Gasteiger partial charge in [0.05, 0.1) is 0 Å². The highest BCUT2D eigenvalue weighted by atomic mass is 28.2. The molecule has 0 heterocycles. The quantitative estimate of drug-likeness (QED) is 0.487. The molecule has 0 N–H and O–H groups in total. The van der Waals surface area contributed by atoms with Gasteiger partial charge in [-0.25, -0.2) is 0 Å². The van der Waals surface area contributed by atoms with E-state index in [-0.39, 0.29) is 0 Å². The average molecular weight is 118 g/mol. The zero-order chi connectivity index (χ0) is 6.12. The standard InChI is InChI=1S/C4H12Si.C2H6/c1-3-5-4-2;1-2/h3-5H2,1-2H3;1-2H3. The van der Waals surface area contributed by atoms with Gasteiger partial charge in [0.25, 0.3) is 0 Å². The summed E-state index contributed by atoms with van der Waals surface area (Å²) in [7, 11) is 0.432. The summed E-state index contributed by atoms with van der Waals surface area (Å²) < 4.78 is 0. The molecule has 0 saturated carbocycles. The van der Waals surface area contributed by atoms with Crippen molar-refractivity contribution in [3.05, 3.63) is 0 Å². The molecule has 0 saturated heterocycles. The molecular weight excluding hydrogens is 100 g/mol. The van der Waals surface area contributed by atoms with Gasteiger partial charge in [0.1, 0.15) is 0 Å². The highest BCUT2D eigenvalue weighted by molar-refractivity contribution is 6.34. The van der Waals surface area contributed by atoms with Crippen LogP contribution in [0.15, 0.2) is 0 Å². The van der Waals surface area contributed by atoms with Crippen LogP contribution in [0.2, 0.25) is 12.1 Å². The van der Waals surface area contributed by atoms with E-state index in [1.807, 2.05) is 13.8 Å². The molecule has 0 aromatic rings. The average Bonchev–Trinajstić information content (AvgIpc) is 1.75. The minimum absolute atomic E-state index is 0.432. The first kappa shape index (κ1) is 10.2. The zero-order valence-electron chi connectivity index (χ0n) is 6.12. The van der Waals surface area contributed by atoms with Gasteiger partial charge < -0.3 is 0 Å². The van der Waals surface area contributed by atoms with E-state index in [1.165, 1.54) is 12.1 Å². The maximum Gasteiger partial charge on any atom is 0.0192 e. The van der Waals surface area contributed by atoms with Crippen LogP contribution in [-0.4, -0.2) is 9.52 Å². The van der Waals surface area contributed by atoms with Crippen LogP contribution in [0.3, 0.4) is 0 Å². The summed E-state index contributed by atoms with van der Waals surface area (Å²) in [4.78, 5) is 0. The Morgan fingerprint density at radius 2 is 1.29 bits per heavy atom. The van der Waals surface area contributed by atoms with Gasteiger partial charge in [0.15, 0.2) is 0 Å². The maximum atomic E-state index is 2.27. The van der Waals surface area contributed by atoms with Gasteiger partial charge in [-0.15, -0.1) is 0 Å². The normalized spacial score (nSPS) is 6.86. The lowest BCUT2D eigenvalue weighted by Crippen LogP contribution is -1.76. The summed E-state index contributed by atoms with van der Waals surface area (Å²) in [5, 5.41) is 0. The van der Waals surface area contributed by atoms with E-state index in [4.69, 9.17) is 0 Å². The van der Waals surface area contributed by atoms with Crippen molar-refractivity contribution >= 4 is 9.52 Å². The highest BCUT2D eigenvalue weighted by Crippen LogP contribution is 1.77. The van der Waals surface area contributed by atoms with E-state index in [2.05, 4.69) is 13.8 Å². The van der Waals surface area contributed by atoms with Crippen LogP contribution in [-0.2, 0) is 0 Å². The second kappa shape index (κ2) is 16.4. The van der Waals surface area contributed by atoms with Gasteiger partial charge in [-0.2, -0.15) is 0 Å². The number of hydrogen-bond acceptors (Lipinski definition) is 0. The molecule has 0 aromatic carbocycles. The summed E-state index contributed by atoms with van der Waals surface area (Å²) in [6.45, 7) is 8.55. The molecule has 0 aromatic heterocycles. The van der Waals surface area contributed by atoms with Gasteiger partial charge in [-0.1, -0.05) is 39.8 Å². The van der Waals surface area contributed by atoms with E-state index in [9.17, 15) is 0 Å². The molecule has 0 spiro atoms. The Kier molecular flexibility index (Phi) is 23.9.